The van der Waals surface area contributed by atoms with Crippen molar-refractivity contribution in [3.63, 3.8) is 0 Å². The van der Waals surface area contributed by atoms with E-state index in [9.17, 15) is 4.79 Å². The molecule has 0 aromatic carbocycles. The monoisotopic (exact) mass is 207 g/mol. The van der Waals surface area contributed by atoms with Gasteiger partial charge in [0.15, 0.2) is 0 Å². The standard InChI is InChI=1S/C11H17N3O/c12-14-13-10(15)11-4-7-1-8(5-11)3-9(2-7)6-11/h7-9H,1-6H2,(H2,12,13,15). The summed E-state index contributed by atoms with van der Waals surface area (Å²) >= 11 is 0. The lowest BCUT2D eigenvalue weighted by Gasteiger charge is -2.54. The normalized spacial score (nSPS) is 47.6. The van der Waals surface area contributed by atoms with Gasteiger partial charge in [0.05, 0.1) is 5.41 Å². The number of hydrogen-bond acceptors (Lipinski definition) is 2. The topological polar surface area (TPSA) is 67.8 Å². The van der Waals surface area contributed by atoms with Crippen molar-refractivity contribution in [3.8, 4) is 0 Å². The highest BCUT2D eigenvalue weighted by molar-refractivity contribution is 5.83. The number of hydrogen-bond donors (Lipinski definition) is 1. The van der Waals surface area contributed by atoms with E-state index in [-0.39, 0.29) is 11.3 Å². The maximum Gasteiger partial charge on any atom is 0.272 e. The highest BCUT2D eigenvalue weighted by Crippen LogP contribution is 2.60. The number of nitrogens with zero attached hydrogens (tertiary/aromatic N) is 2. The molecule has 4 saturated carbocycles. The van der Waals surface area contributed by atoms with Gasteiger partial charge in [-0.15, -0.1) is 0 Å². The van der Waals surface area contributed by atoms with Crippen LogP contribution >= 0.6 is 0 Å². The van der Waals surface area contributed by atoms with Crippen LogP contribution in [-0.4, -0.2) is 5.91 Å². The van der Waals surface area contributed by atoms with Crippen molar-refractivity contribution < 1.29 is 4.79 Å². The summed E-state index contributed by atoms with van der Waals surface area (Å²) in [6.07, 6.45) is 7.13. The van der Waals surface area contributed by atoms with Crippen LogP contribution in [0.3, 0.4) is 0 Å². The largest absolute Gasteiger partial charge is 0.304 e. The minimum atomic E-state index is -0.169. The summed E-state index contributed by atoms with van der Waals surface area (Å²) in [5.41, 5.74) is -0.169. The van der Waals surface area contributed by atoms with Crippen LogP contribution in [0, 0.1) is 23.2 Å². The Labute approximate surface area is 89.3 Å². The Balaban J connectivity index is 1.89. The van der Waals surface area contributed by atoms with Crippen molar-refractivity contribution >= 4 is 5.91 Å². The van der Waals surface area contributed by atoms with Crippen LogP contribution in [-0.2, 0) is 4.79 Å². The molecule has 4 nitrogen and oxygen atoms in total. The van der Waals surface area contributed by atoms with Gasteiger partial charge in [0, 0.05) is 0 Å². The van der Waals surface area contributed by atoms with Crippen molar-refractivity contribution in [2.45, 2.75) is 38.5 Å². The van der Waals surface area contributed by atoms with Gasteiger partial charge in [0.2, 0.25) is 0 Å². The minimum Gasteiger partial charge on any atom is -0.304 e. The summed E-state index contributed by atoms with van der Waals surface area (Å²) in [5.74, 6) is 7.25. The minimum absolute atomic E-state index is 0.0518. The zero-order valence-corrected chi connectivity index (χ0v) is 8.85. The van der Waals surface area contributed by atoms with Gasteiger partial charge in [-0.1, -0.05) is 10.3 Å². The lowest BCUT2D eigenvalue weighted by Crippen LogP contribution is -2.49. The number of carbonyl (C=O) groups excluding carboxylic acids is 1. The average molecular weight is 207 g/mol. The average Bonchev–Trinajstić information content (AvgIpc) is 2.15. The zero-order chi connectivity index (χ0) is 10.5. The van der Waals surface area contributed by atoms with E-state index in [1.807, 2.05) is 0 Å². The van der Waals surface area contributed by atoms with E-state index in [1.165, 1.54) is 19.3 Å². The third-order valence-electron chi connectivity index (χ3n) is 4.64. The third-order valence-corrected chi connectivity index (χ3v) is 4.64. The molecule has 0 unspecified atom stereocenters. The van der Waals surface area contributed by atoms with E-state index in [0.29, 0.717) is 0 Å². The Kier molecular flexibility index (Phi) is 1.88. The number of rotatable bonds is 1. The number of nitrogens with two attached hydrogens (primary N) is 1. The molecule has 0 heterocycles. The van der Waals surface area contributed by atoms with E-state index >= 15 is 0 Å². The lowest BCUT2D eigenvalue weighted by atomic mass is 9.49. The summed E-state index contributed by atoms with van der Waals surface area (Å²) in [6.45, 7) is 0. The highest BCUT2D eigenvalue weighted by atomic mass is 16.2. The van der Waals surface area contributed by atoms with Crippen LogP contribution in [0.5, 0.6) is 0 Å². The van der Waals surface area contributed by atoms with Gasteiger partial charge in [0.1, 0.15) is 0 Å². The number of amides is 1. The van der Waals surface area contributed by atoms with Crippen LogP contribution in [0.2, 0.25) is 0 Å². The van der Waals surface area contributed by atoms with Crippen molar-refractivity contribution in [2.75, 3.05) is 0 Å². The van der Waals surface area contributed by atoms with Crippen molar-refractivity contribution in [2.24, 2.45) is 39.3 Å². The molecule has 0 spiro atoms. The van der Waals surface area contributed by atoms with Crippen LogP contribution in [0.4, 0.5) is 0 Å². The first-order chi connectivity index (χ1) is 7.22. The first-order valence-corrected chi connectivity index (χ1v) is 5.87. The van der Waals surface area contributed by atoms with Gasteiger partial charge in [-0.2, -0.15) is 0 Å². The van der Waals surface area contributed by atoms with E-state index < -0.39 is 0 Å². The molecule has 4 bridgehead atoms. The molecule has 82 valence electrons. The smallest absolute Gasteiger partial charge is 0.272 e. The molecule has 0 radical (unpaired) electrons. The molecule has 2 N–H and O–H groups in total. The Bertz CT molecular complexity index is 289. The maximum absolute atomic E-state index is 12.0. The fourth-order valence-electron chi connectivity index (χ4n) is 4.53. The van der Waals surface area contributed by atoms with Crippen molar-refractivity contribution in [1.82, 2.24) is 0 Å². The fraction of sp³-hybridized carbons (Fsp3) is 0.909. The third kappa shape index (κ3) is 1.30. The van der Waals surface area contributed by atoms with Gasteiger partial charge >= 0.3 is 0 Å². The Hall–Kier alpha value is -0.930. The summed E-state index contributed by atoms with van der Waals surface area (Å²) in [6, 6.07) is 0. The Morgan fingerprint density at radius 1 is 1.07 bits per heavy atom. The highest BCUT2D eigenvalue weighted by Gasteiger charge is 2.54. The molecule has 1 amide bonds. The zero-order valence-electron chi connectivity index (χ0n) is 8.85. The van der Waals surface area contributed by atoms with Gasteiger partial charge in [0.25, 0.3) is 5.91 Å². The van der Waals surface area contributed by atoms with Crippen molar-refractivity contribution in [1.29, 1.82) is 0 Å². The maximum atomic E-state index is 12.0. The van der Waals surface area contributed by atoms with E-state index in [0.717, 1.165) is 37.0 Å². The lowest BCUT2D eigenvalue weighted by molar-refractivity contribution is -0.143. The van der Waals surface area contributed by atoms with Crippen LogP contribution < -0.4 is 5.84 Å². The predicted molar refractivity (Wildman–Crippen MR) is 54.7 cm³/mol. The van der Waals surface area contributed by atoms with Gasteiger partial charge in [-0.3, -0.25) is 4.79 Å². The second kappa shape index (κ2) is 3.03. The van der Waals surface area contributed by atoms with E-state index in [4.69, 9.17) is 5.84 Å². The molecule has 4 aliphatic rings. The molecule has 4 heteroatoms. The molecular weight excluding hydrogens is 190 g/mol. The van der Waals surface area contributed by atoms with Crippen LogP contribution in [0.1, 0.15) is 38.5 Å². The molecule has 0 saturated heterocycles. The predicted octanol–water partition coefficient (Wildman–Crippen LogP) is 2.06. The Morgan fingerprint density at radius 2 is 1.53 bits per heavy atom. The first kappa shape index (κ1) is 9.31. The molecule has 4 rings (SSSR count). The molecule has 0 atom stereocenters. The van der Waals surface area contributed by atoms with Gasteiger partial charge in [-0.25, -0.2) is 0 Å². The quantitative estimate of drug-likeness (QED) is 0.406. The number of carbonyl (C=O) groups is 1. The Morgan fingerprint density at radius 3 is 1.93 bits per heavy atom. The summed E-state index contributed by atoms with van der Waals surface area (Å²) in [5, 5.41) is 6.75. The second-order valence-electron chi connectivity index (χ2n) is 5.72. The van der Waals surface area contributed by atoms with E-state index in [1.54, 1.807) is 0 Å². The fourth-order valence-corrected chi connectivity index (χ4v) is 4.53. The molecule has 15 heavy (non-hydrogen) atoms. The summed E-state index contributed by atoms with van der Waals surface area (Å²) in [7, 11) is 0. The molecule has 4 aliphatic carbocycles. The second-order valence-corrected chi connectivity index (χ2v) is 5.72. The van der Waals surface area contributed by atoms with Crippen LogP contribution in [0.15, 0.2) is 10.3 Å². The van der Waals surface area contributed by atoms with Crippen LogP contribution in [0.25, 0.3) is 0 Å². The van der Waals surface area contributed by atoms with Crippen molar-refractivity contribution in [3.05, 3.63) is 0 Å². The first-order valence-electron chi connectivity index (χ1n) is 5.87. The SMILES string of the molecule is NN=NC(=O)C12CC3CC(CC(C3)C1)C2. The molecular formula is C11H17N3O. The summed E-state index contributed by atoms with van der Waals surface area (Å²) in [4.78, 5) is 12.0. The molecule has 0 aromatic rings. The molecule has 0 aliphatic heterocycles. The van der Waals surface area contributed by atoms with E-state index in [2.05, 4.69) is 10.3 Å². The van der Waals surface area contributed by atoms with Gasteiger partial charge in [-0.05, 0) is 56.3 Å². The van der Waals surface area contributed by atoms with Gasteiger partial charge < -0.3 is 5.84 Å². The molecule has 0 aromatic heterocycles. The summed E-state index contributed by atoms with van der Waals surface area (Å²) < 4.78 is 0. The molecule has 4 fully saturated rings.